The van der Waals surface area contributed by atoms with Crippen molar-refractivity contribution in [2.24, 2.45) is 4.99 Å². The van der Waals surface area contributed by atoms with E-state index in [0.717, 1.165) is 15.6 Å². The molecule has 0 fully saturated rings. The lowest BCUT2D eigenvalue weighted by molar-refractivity contribution is -0.113. The minimum atomic E-state index is -0.661. The molecule has 4 aromatic rings. The number of para-hydroxylation sites is 1. The Labute approximate surface area is 231 Å². The third kappa shape index (κ3) is 4.94. The van der Waals surface area contributed by atoms with Crippen molar-refractivity contribution in [3.05, 3.63) is 119 Å². The van der Waals surface area contributed by atoms with E-state index < -0.39 is 6.04 Å². The Hall–Kier alpha value is -3.95. The van der Waals surface area contributed by atoms with Crippen molar-refractivity contribution < 1.29 is 14.3 Å². The normalized spacial score (nSPS) is 15.1. The van der Waals surface area contributed by atoms with E-state index in [4.69, 9.17) is 14.5 Å². The maximum atomic E-state index is 13.8. The average Bonchev–Trinajstić information content (AvgIpc) is 3.22. The third-order valence-corrected chi connectivity index (χ3v) is 7.81. The molecule has 0 unspecified atom stereocenters. The van der Waals surface area contributed by atoms with Crippen LogP contribution >= 0.6 is 27.3 Å². The summed E-state index contributed by atoms with van der Waals surface area (Å²) in [5, 5.41) is 2.96. The van der Waals surface area contributed by atoms with Crippen LogP contribution in [0, 0.1) is 0 Å². The lowest BCUT2D eigenvalue weighted by atomic mass is 9.95. The number of benzene rings is 3. The van der Waals surface area contributed by atoms with Crippen LogP contribution in [0.1, 0.15) is 24.1 Å². The first kappa shape index (κ1) is 25.7. The Morgan fingerprint density at radius 1 is 1.05 bits per heavy atom. The van der Waals surface area contributed by atoms with Crippen molar-refractivity contribution in [1.29, 1.82) is 0 Å². The average molecular weight is 590 g/mol. The first-order valence-corrected chi connectivity index (χ1v) is 13.4. The number of carbonyl (C=O) groups is 1. The van der Waals surface area contributed by atoms with Crippen molar-refractivity contribution in [2.45, 2.75) is 13.0 Å². The molecule has 0 radical (unpaired) electrons. The van der Waals surface area contributed by atoms with Crippen molar-refractivity contribution in [3.8, 4) is 11.5 Å². The maximum Gasteiger partial charge on any atom is 0.271 e. The molecule has 0 saturated heterocycles. The number of nitrogens with zero attached hydrogens (tertiary/aromatic N) is 2. The number of carbonyl (C=O) groups excluding carboxylic acids is 1. The number of rotatable bonds is 6. The van der Waals surface area contributed by atoms with Crippen LogP contribution in [-0.2, 0) is 4.79 Å². The highest BCUT2D eigenvalue weighted by atomic mass is 79.9. The monoisotopic (exact) mass is 589 g/mol. The van der Waals surface area contributed by atoms with E-state index in [2.05, 4.69) is 21.2 Å². The minimum Gasteiger partial charge on any atom is -0.497 e. The summed E-state index contributed by atoms with van der Waals surface area (Å²) in [7, 11) is 3.20. The maximum absolute atomic E-state index is 13.8. The van der Waals surface area contributed by atoms with Gasteiger partial charge in [0.05, 0.1) is 40.5 Å². The zero-order valence-electron chi connectivity index (χ0n) is 20.9. The van der Waals surface area contributed by atoms with Gasteiger partial charge in [0.15, 0.2) is 4.80 Å². The number of aromatic nitrogens is 1. The molecule has 1 aliphatic heterocycles. The molecule has 2 heterocycles. The van der Waals surface area contributed by atoms with Crippen molar-refractivity contribution in [3.63, 3.8) is 0 Å². The van der Waals surface area contributed by atoms with E-state index in [9.17, 15) is 9.59 Å². The van der Waals surface area contributed by atoms with Gasteiger partial charge >= 0.3 is 0 Å². The highest BCUT2D eigenvalue weighted by molar-refractivity contribution is 9.10. The molecule has 0 spiro atoms. The molecule has 1 N–H and O–H groups in total. The molecular weight excluding hydrogens is 566 g/mol. The number of anilines is 1. The highest BCUT2D eigenvalue weighted by Crippen LogP contribution is 2.32. The molecule has 3 aromatic carbocycles. The Bertz CT molecular complexity index is 1720. The lowest BCUT2D eigenvalue weighted by Crippen LogP contribution is -2.40. The standard InChI is InChI=1S/C29H24BrN3O4S/c1-17-25(27(34)32-20-7-5-4-6-8-20)26(19-10-12-21(36-2)13-11-19)33-28(35)24(38-29(33)31-17)16-18-9-14-23(37-3)22(30)15-18/h4-16,26H,1-3H3,(H,32,34)/b24-16+/t26-/m0/s1. The lowest BCUT2D eigenvalue weighted by Gasteiger charge is -2.25. The molecule has 0 aliphatic carbocycles. The number of allylic oxidation sites excluding steroid dienone is 1. The summed E-state index contributed by atoms with van der Waals surface area (Å²) >= 11 is 4.79. The second-order valence-electron chi connectivity index (χ2n) is 8.57. The number of fused-ring (bicyclic) bond motifs is 1. The zero-order valence-corrected chi connectivity index (χ0v) is 23.3. The molecule has 1 atom stereocenters. The van der Waals surface area contributed by atoms with Crippen LogP contribution in [0.15, 0.2) is 98.3 Å². The summed E-state index contributed by atoms with van der Waals surface area (Å²) < 4.78 is 13.5. The van der Waals surface area contributed by atoms with Gasteiger partial charge in [-0.1, -0.05) is 47.7 Å². The van der Waals surface area contributed by atoms with Gasteiger partial charge in [-0.3, -0.25) is 14.2 Å². The number of hydrogen-bond acceptors (Lipinski definition) is 6. The predicted molar refractivity (Wildman–Crippen MR) is 153 cm³/mol. The highest BCUT2D eigenvalue weighted by Gasteiger charge is 2.32. The number of ether oxygens (including phenoxy) is 2. The molecule has 192 valence electrons. The van der Waals surface area contributed by atoms with Crippen LogP contribution in [0.2, 0.25) is 0 Å². The van der Waals surface area contributed by atoms with Crippen LogP contribution in [0.5, 0.6) is 11.5 Å². The van der Waals surface area contributed by atoms with Gasteiger partial charge in [-0.15, -0.1) is 0 Å². The zero-order chi connectivity index (χ0) is 26.8. The molecule has 7 nitrogen and oxygen atoms in total. The van der Waals surface area contributed by atoms with Gasteiger partial charge in [0.1, 0.15) is 11.5 Å². The number of amides is 1. The second kappa shape index (κ2) is 10.8. The summed E-state index contributed by atoms with van der Waals surface area (Å²) in [5.74, 6) is 1.07. The molecule has 5 rings (SSSR count). The molecule has 1 aromatic heterocycles. The van der Waals surface area contributed by atoms with Gasteiger partial charge in [0.25, 0.3) is 11.5 Å². The summed E-state index contributed by atoms with van der Waals surface area (Å²) in [6, 6.07) is 21.6. The smallest absolute Gasteiger partial charge is 0.271 e. The van der Waals surface area contributed by atoms with E-state index in [1.165, 1.54) is 11.3 Å². The Morgan fingerprint density at radius 3 is 2.45 bits per heavy atom. The topological polar surface area (TPSA) is 81.9 Å². The molecule has 38 heavy (non-hydrogen) atoms. The summed E-state index contributed by atoms with van der Waals surface area (Å²) in [6.07, 6.45) is 1.82. The second-order valence-corrected chi connectivity index (χ2v) is 10.4. The molecule has 1 aliphatic rings. The van der Waals surface area contributed by atoms with Crippen LogP contribution in [0.3, 0.4) is 0 Å². The Morgan fingerprint density at radius 2 is 1.79 bits per heavy atom. The molecule has 9 heteroatoms. The van der Waals surface area contributed by atoms with Gasteiger partial charge < -0.3 is 14.8 Å². The third-order valence-electron chi connectivity index (χ3n) is 6.20. The first-order chi connectivity index (χ1) is 18.4. The van der Waals surface area contributed by atoms with E-state index >= 15 is 0 Å². The van der Waals surface area contributed by atoms with Crippen molar-refractivity contribution >= 4 is 44.9 Å². The quantitative estimate of drug-likeness (QED) is 0.355. The van der Waals surface area contributed by atoms with Gasteiger partial charge in [0.2, 0.25) is 0 Å². The Balaban J connectivity index is 1.66. The van der Waals surface area contributed by atoms with Crippen LogP contribution in [0.25, 0.3) is 6.08 Å². The summed E-state index contributed by atoms with van der Waals surface area (Å²) in [4.78, 5) is 32.7. The van der Waals surface area contributed by atoms with Gasteiger partial charge in [0, 0.05) is 5.69 Å². The van der Waals surface area contributed by atoms with Crippen molar-refractivity contribution in [1.82, 2.24) is 4.57 Å². The number of hydrogen-bond donors (Lipinski definition) is 1. The molecule has 0 bridgehead atoms. The predicted octanol–water partition coefficient (Wildman–Crippen LogP) is 4.65. The Kier molecular flexibility index (Phi) is 7.31. The number of thiazole rings is 1. The number of nitrogens with one attached hydrogen (secondary N) is 1. The number of methoxy groups -OCH3 is 2. The fraction of sp³-hybridized carbons (Fsp3) is 0.138. The SMILES string of the molecule is COc1ccc([C@H]2C(C(=O)Nc3ccccc3)=C(C)N=c3s/c(=C/c4ccc(OC)c(Br)c4)c(=O)n32)cc1. The molecule has 1 amide bonds. The summed E-state index contributed by atoms with van der Waals surface area (Å²) in [5.41, 5.74) is 3.01. The van der Waals surface area contributed by atoms with Crippen LogP contribution in [0.4, 0.5) is 5.69 Å². The first-order valence-electron chi connectivity index (χ1n) is 11.8. The van der Waals surface area contributed by atoms with E-state index in [0.29, 0.717) is 37.8 Å². The van der Waals surface area contributed by atoms with Crippen LogP contribution < -0.4 is 29.7 Å². The van der Waals surface area contributed by atoms with Gasteiger partial charge in [-0.25, -0.2) is 4.99 Å². The van der Waals surface area contributed by atoms with Gasteiger partial charge in [-0.05, 0) is 76.5 Å². The van der Waals surface area contributed by atoms with Crippen molar-refractivity contribution in [2.75, 3.05) is 19.5 Å². The molecule has 0 saturated carbocycles. The fourth-order valence-corrected chi connectivity index (χ4v) is 5.96. The molecular formula is C29H24BrN3O4S. The largest absolute Gasteiger partial charge is 0.497 e. The number of halogens is 1. The van der Waals surface area contributed by atoms with E-state index in [1.807, 2.05) is 78.9 Å². The fourth-order valence-electron chi connectivity index (χ4n) is 4.36. The summed E-state index contributed by atoms with van der Waals surface area (Å²) in [6.45, 7) is 1.80. The van der Waals surface area contributed by atoms with E-state index in [1.54, 1.807) is 25.7 Å². The van der Waals surface area contributed by atoms with Crippen LogP contribution in [-0.4, -0.2) is 24.7 Å². The van der Waals surface area contributed by atoms with Gasteiger partial charge in [-0.2, -0.15) is 0 Å². The minimum absolute atomic E-state index is 0.223. The van der Waals surface area contributed by atoms with E-state index in [-0.39, 0.29) is 11.5 Å².